The van der Waals surface area contributed by atoms with Crippen LogP contribution in [0.15, 0.2) is 64.6 Å². The number of aliphatic imine (C=N–C) groups is 1. The van der Waals surface area contributed by atoms with Crippen LogP contribution in [0.1, 0.15) is 89.7 Å². The van der Waals surface area contributed by atoms with Gasteiger partial charge in [-0.15, -0.1) is 0 Å². The number of hydrogen-bond acceptors (Lipinski definition) is 4. The van der Waals surface area contributed by atoms with Gasteiger partial charge in [-0.25, -0.2) is 4.99 Å². The first-order valence-electron chi connectivity index (χ1n) is 14.7. The summed E-state index contributed by atoms with van der Waals surface area (Å²) in [4.78, 5) is 10.1. The van der Waals surface area contributed by atoms with Crippen LogP contribution >= 0.6 is 0 Å². The number of nitrogens with zero attached hydrogens (tertiary/aromatic N) is 3. The Labute approximate surface area is 224 Å². The van der Waals surface area contributed by atoms with E-state index in [1.54, 1.807) is 5.57 Å². The number of aryl methyl sites for hydroxylation is 1. The van der Waals surface area contributed by atoms with Crippen LogP contribution in [0.4, 0.5) is 0 Å². The molecule has 2 aliphatic heterocycles. The molecule has 2 saturated carbocycles. The highest BCUT2D eigenvalue weighted by atomic mass is 16.5. The third kappa shape index (κ3) is 6.05. The second kappa shape index (κ2) is 11.8. The normalized spacial score (nSPS) is 19.2. The highest BCUT2D eigenvalue weighted by Crippen LogP contribution is 2.38. The van der Waals surface area contributed by atoms with E-state index in [2.05, 4.69) is 80.1 Å². The first-order valence-corrected chi connectivity index (χ1v) is 14.7. The average molecular weight is 500 g/mol. The second-order valence-electron chi connectivity index (χ2n) is 11.7. The standard InChI is InChI=1S/C33H45N3O/c1-5-6-7-18-35(21-24(2)3)29-16-17-33-34-30(20-31(36(33)22-29)27-12-9-13-27)28-15-14-25(4)32(19-28)37-23-26-10-8-11-26/h14-17,19-20,22,24,26H,5-13,18,21,23H2,1-4H3. The number of benzene rings is 1. The van der Waals surface area contributed by atoms with E-state index in [1.807, 2.05) is 0 Å². The zero-order valence-corrected chi connectivity index (χ0v) is 23.4. The molecule has 0 radical (unpaired) electrons. The lowest BCUT2D eigenvalue weighted by atomic mass is 9.86. The Bertz CT molecular complexity index is 1130. The summed E-state index contributed by atoms with van der Waals surface area (Å²) in [5, 5.41) is 0. The summed E-state index contributed by atoms with van der Waals surface area (Å²) < 4.78 is 6.27. The van der Waals surface area contributed by atoms with Gasteiger partial charge in [0.15, 0.2) is 0 Å². The van der Waals surface area contributed by atoms with Gasteiger partial charge < -0.3 is 9.64 Å². The molecule has 2 aliphatic carbocycles. The van der Waals surface area contributed by atoms with Crippen molar-refractivity contribution in [3.63, 3.8) is 0 Å². The fraction of sp³-hybridized carbons (Fsp3) is 0.545. The molecule has 2 fully saturated rings. The number of hydrogen-bond donors (Lipinski definition) is 0. The van der Waals surface area contributed by atoms with Gasteiger partial charge >= 0.3 is 0 Å². The molecule has 0 saturated heterocycles. The number of unbranched alkanes of at least 4 members (excludes halogenated alkanes) is 2. The van der Waals surface area contributed by atoms with Crippen molar-refractivity contribution < 1.29 is 4.74 Å². The van der Waals surface area contributed by atoms with Gasteiger partial charge in [-0.05, 0) is 92.7 Å². The maximum atomic E-state index is 6.27. The van der Waals surface area contributed by atoms with Crippen LogP contribution in [0.5, 0.6) is 5.75 Å². The van der Waals surface area contributed by atoms with Crippen LogP contribution in [0, 0.1) is 18.8 Å². The lowest BCUT2D eigenvalue weighted by Crippen LogP contribution is -2.35. The van der Waals surface area contributed by atoms with Crippen molar-refractivity contribution in [3.8, 4) is 5.75 Å². The van der Waals surface area contributed by atoms with Gasteiger partial charge in [-0.3, -0.25) is 4.90 Å². The van der Waals surface area contributed by atoms with Crippen molar-refractivity contribution in [2.24, 2.45) is 16.8 Å². The quantitative estimate of drug-likeness (QED) is 0.287. The van der Waals surface area contributed by atoms with Crippen molar-refractivity contribution in [2.75, 3.05) is 19.7 Å². The van der Waals surface area contributed by atoms with Crippen LogP contribution < -0.4 is 4.74 Å². The van der Waals surface area contributed by atoms with Gasteiger partial charge in [0.1, 0.15) is 11.6 Å². The van der Waals surface area contributed by atoms with Crippen molar-refractivity contribution >= 4 is 11.5 Å². The summed E-state index contributed by atoms with van der Waals surface area (Å²) in [6.45, 7) is 12.1. The number of ether oxygens (including phenoxy) is 1. The molecule has 5 rings (SSSR count). The highest BCUT2D eigenvalue weighted by molar-refractivity contribution is 6.02. The van der Waals surface area contributed by atoms with Crippen molar-refractivity contribution in [2.45, 2.75) is 85.5 Å². The van der Waals surface area contributed by atoms with E-state index in [0.717, 1.165) is 48.5 Å². The van der Waals surface area contributed by atoms with E-state index in [-0.39, 0.29) is 0 Å². The Morgan fingerprint density at radius 1 is 1.11 bits per heavy atom. The van der Waals surface area contributed by atoms with Crippen LogP contribution in [-0.2, 0) is 0 Å². The van der Waals surface area contributed by atoms with E-state index in [9.17, 15) is 0 Å². The summed E-state index contributed by atoms with van der Waals surface area (Å²) in [6, 6.07) is 6.59. The summed E-state index contributed by atoms with van der Waals surface area (Å²) in [6.07, 6.45) is 20.5. The zero-order chi connectivity index (χ0) is 25.8. The minimum absolute atomic E-state index is 0.630. The molecule has 0 bridgehead atoms. The maximum absolute atomic E-state index is 6.27. The molecule has 0 aromatic heterocycles. The predicted molar refractivity (Wildman–Crippen MR) is 155 cm³/mol. The molecule has 37 heavy (non-hydrogen) atoms. The van der Waals surface area contributed by atoms with Crippen LogP contribution in [0.2, 0.25) is 0 Å². The van der Waals surface area contributed by atoms with Gasteiger partial charge in [0, 0.05) is 30.5 Å². The molecule has 0 unspecified atom stereocenters. The third-order valence-corrected chi connectivity index (χ3v) is 8.16. The molecule has 0 amide bonds. The fourth-order valence-corrected chi connectivity index (χ4v) is 5.44. The summed E-state index contributed by atoms with van der Waals surface area (Å²) in [5.74, 6) is 3.38. The van der Waals surface area contributed by atoms with Crippen LogP contribution in [0.25, 0.3) is 5.70 Å². The lowest BCUT2D eigenvalue weighted by molar-refractivity contribution is 0.180. The molecule has 0 atom stereocenters. The highest BCUT2D eigenvalue weighted by Gasteiger charge is 2.27. The van der Waals surface area contributed by atoms with Gasteiger partial charge in [0.05, 0.1) is 18.0 Å². The monoisotopic (exact) mass is 499 g/mol. The summed E-state index contributed by atoms with van der Waals surface area (Å²) >= 11 is 0. The number of amidine groups is 1. The molecule has 1 aromatic carbocycles. The van der Waals surface area contributed by atoms with E-state index in [1.165, 1.54) is 74.7 Å². The molecule has 1 aromatic rings. The molecular formula is C33H45N3O. The Morgan fingerprint density at radius 3 is 2.62 bits per heavy atom. The molecule has 4 aliphatic rings. The van der Waals surface area contributed by atoms with E-state index < -0.39 is 0 Å². The van der Waals surface area contributed by atoms with Gasteiger partial charge in [-0.2, -0.15) is 0 Å². The average Bonchev–Trinajstić information content (AvgIpc) is 2.82. The SMILES string of the molecule is CCCCCN(CC(C)C)C1=CN2C(=NC(c3ccc(C)c(OCC4CCC4)c3)=CC2=C2CCC2)C=C1. The minimum Gasteiger partial charge on any atom is -0.493 e. The smallest absolute Gasteiger partial charge is 0.137 e. The Kier molecular flexibility index (Phi) is 8.22. The van der Waals surface area contributed by atoms with E-state index >= 15 is 0 Å². The Hall–Kier alpha value is -2.75. The number of allylic oxidation sites excluding steroid dienone is 3. The predicted octanol–water partition coefficient (Wildman–Crippen LogP) is 8.23. The molecule has 2 heterocycles. The Morgan fingerprint density at radius 2 is 1.95 bits per heavy atom. The third-order valence-electron chi connectivity index (χ3n) is 8.16. The van der Waals surface area contributed by atoms with E-state index in [4.69, 9.17) is 9.73 Å². The number of fused-ring (bicyclic) bond motifs is 1. The lowest BCUT2D eigenvalue weighted by Gasteiger charge is -2.36. The van der Waals surface area contributed by atoms with Crippen molar-refractivity contribution in [3.05, 3.63) is 70.7 Å². The molecule has 4 heteroatoms. The first kappa shape index (κ1) is 25.9. The van der Waals surface area contributed by atoms with E-state index in [0.29, 0.717) is 5.92 Å². The molecular weight excluding hydrogens is 454 g/mol. The topological polar surface area (TPSA) is 28.1 Å². The first-order chi connectivity index (χ1) is 18.0. The van der Waals surface area contributed by atoms with Gasteiger partial charge in [-0.1, -0.05) is 52.2 Å². The summed E-state index contributed by atoms with van der Waals surface area (Å²) in [5.41, 5.74) is 7.56. The van der Waals surface area contributed by atoms with Crippen molar-refractivity contribution in [1.29, 1.82) is 0 Å². The van der Waals surface area contributed by atoms with Crippen molar-refractivity contribution in [1.82, 2.24) is 9.80 Å². The Balaban J connectivity index is 1.41. The summed E-state index contributed by atoms with van der Waals surface area (Å²) in [7, 11) is 0. The molecule has 0 spiro atoms. The fourth-order valence-electron chi connectivity index (χ4n) is 5.44. The number of rotatable bonds is 11. The van der Waals surface area contributed by atoms with Crippen LogP contribution in [0.3, 0.4) is 0 Å². The van der Waals surface area contributed by atoms with Crippen LogP contribution in [-0.4, -0.2) is 35.3 Å². The zero-order valence-electron chi connectivity index (χ0n) is 23.4. The molecule has 0 N–H and O–H groups in total. The molecule has 4 nitrogen and oxygen atoms in total. The molecule has 198 valence electrons. The minimum atomic E-state index is 0.630. The van der Waals surface area contributed by atoms with Gasteiger partial charge in [0.2, 0.25) is 0 Å². The van der Waals surface area contributed by atoms with Gasteiger partial charge in [0.25, 0.3) is 0 Å². The largest absolute Gasteiger partial charge is 0.493 e. The second-order valence-corrected chi connectivity index (χ2v) is 11.7. The maximum Gasteiger partial charge on any atom is 0.137 e.